The average molecular weight is 1020 g/mol. The number of aromatic nitrogens is 2. The Hall–Kier alpha value is -5.64. The number of aryl methyl sites for hydroxylation is 1. The number of pyridine rings is 1. The van der Waals surface area contributed by atoms with Gasteiger partial charge < -0.3 is 40.7 Å². The molecule has 3 aliphatic rings. The number of likely N-dealkylation sites (tertiary alicyclic amines) is 2. The Balaban J connectivity index is 0.801. The number of nitrogens with zero attached hydrogens (tertiary/aromatic N) is 5. The number of carbonyl (C=O) groups excluding carboxylic acids is 4. The third kappa shape index (κ3) is 12.6. The van der Waals surface area contributed by atoms with Crippen LogP contribution in [0.25, 0.3) is 10.4 Å². The van der Waals surface area contributed by atoms with E-state index in [4.69, 9.17) is 21.1 Å². The second-order valence-corrected chi connectivity index (χ2v) is 23.1. The summed E-state index contributed by atoms with van der Waals surface area (Å²) in [7, 11) is 0. The van der Waals surface area contributed by atoms with Gasteiger partial charge in [0.1, 0.15) is 41.9 Å². The Kier molecular flexibility index (Phi) is 17.0. The van der Waals surface area contributed by atoms with Gasteiger partial charge in [0.15, 0.2) is 0 Å². The highest BCUT2D eigenvalue weighted by Crippen LogP contribution is 2.57. The molecule has 3 fully saturated rings. The molecule has 4 heterocycles. The van der Waals surface area contributed by atoms with Crippen molar-refractivity contribution < 1.29 is 33.8 Å². The Morgan fingerprint density at radius 2 is 1.68 bits per heavy atom. The van der Waals surface area contributed by atoms with Crippen LogP contribution in [0.1, 0.15) is 108 Å². The second-order valence-electron chi connectivity index (χ2n) is 21.8. The van der Waals surface area contributed by atoms with Crippen LogP contribution in [0.2, 0.25) is 5.02 Å². The molecule has 16 nitrogen and oxygen atoms in total. The maximum Gasteiger partial charge on any atom is 0.340 e. The molecule has 0 radical (unpaired) electrons. The molecule has 72 heavy (non-hydrogen) atoms. The molecule has 2 aliphatic heterocycles. The first kappa shape index (κ1) is 54.1. The number of halogens is 1. The van der Waals surface area contributed by atoms with Gasteiger partial charge in [0.2, 0.25) is 17.7 Å². The third-order valence-electron chi connectivity index (χ3n) is 14.4. The summed E-state index contributed by atoms with van der Waals surface area (Å²) < 4.78 is 12.4. The summed E-state index contributed by atoms with van der Waals surface area (Å²) in [5.41, 5.74) is 3.82. The van der Waals surface area contributed by atoms with E-state index >= 15 is 0 Å². The van der Waals surface area contributed by atoms with E-state index in [1.165, 1.54) is 11.1 Å². The molecule has 4 atom stereocenters. The fourth-order valence-corrected chi connectivity index (χ4v) is 11.7. The molecule has 386 valence electrons. The van der Waals surface area contributed by atoms with E-state index < -0.39 is 46.5 Å². The van der Waals surface area contributed by atoms with Gasteiger partial charge in [0, 0.05) is 49.1 Å². The number of β-amino-alcohol motifs (C(OH)–C–C–N with tert-alkyl or cyclic N) is 1. The van der Waals surface area contributed by atoms with Gasteiger partial charge >= 0.3 is 5.97 Å². The second kappa shape index (κ2) is 22.6. The lowest BCUT2D eigenvalue weighted by Crippen LogP contribution is -2.70. The number of esters is 1. The largest absolute Gasteiger partial charge is 0.489 e. The average Bonchev–Trinajstić information content (AvgIpc) is 3.96. The summed E-state index contributed by atoms with van der Waals surface area (Å²) in [6.07, 6.45) is 1.91. The normalized spacial score (nSPS) is 21.7. The van der Waals surface area contributed by atoms with Gasteiger partial charge in [-0.05, 0) is 93.0 Å². The van der Waals surface area contributed by atoms with Gasteiger partial charge in [0.25, 0.3) is 0 Å². The number of benzene rings is 2. The predicted octanol–water partition coefficient (Wildman–Crippen LogP) is 7.16. The van der Waals surface area contributed by atoms with Crippen LogP contribution in [0.3, 0.4) is 0 Å². The van der Waals surface area contributed by atoms with E-state index in [0.717, 1.165) is 54.2 Å². The van der Waals surface area contributed by atoms with Gasteiger partial charge in [-0.15, -0.1) is 11.3 Å². The third-order valence-corrected chi connectivity index (χ3v) is 15.7. The minimum absolute atomic E-state index is 0.00852. The van der Waals surface area contributed by atoms with Crippen LogP contribution in [0, 0.1) is 40.4 Å². The van der Waals surface area contributed by atoms with Crippen LogP contribution in [0.4, 0.5) is 5.82 Å². The summed E-state index contributed by atoms with van der Waals surface area (Å²) in [5.74, 6) is 0.189. The lowest BCUT2D eigenvalue weighted by Gasteiger charge is -2.61. The van der Waals surface area contributed by atoms with Crippen LogP contribution in [0.15, 0.2) is 66.3 Å². The topological polar surface area (TPSA) is 211 Å². The first-order valence-corrected chi connectivity index (χ1v) is 26.1. The molecule has 7 rings (SSSR count). The summed E-state index contributed by atoms with van der Waals surface area (Å²) in [6, 6.07) is 16.4. The maximum atomic E-state index is 14.2. The van der Waals surface area contributed by atoms with E-state index in [1.807, 2.05) is 92.1 Å². The molecule has 1 aliphatic carbocycles. The number of piperidine rings is 1. The zero-order valence-corrected chi connectivity index (χ0v) is 44.5. The molecular formula is C54H70ClN9O7S. The van der Waals surface area contributed by atoms with Crippen LogP contribution < -0.4 is 26.0 Å². The predicted molar refractivity (Wildman–Crippen MR) is 278 cm³/mol. The number of ether oxygens (including phenoxy) is 2. The Morgan fingerprint density at radius 3 is 2.29 bits per heavy atom. The number of aliphatic hydroxyl groups excluding tert-OH is 1. The summed E-state index contributed by atoms with van der Waals surface area (Å²) in [4.78, 5) is 68.2. The number of nitriles is 1. The molecule has 3 amide bonds. The fraction of sp³-hybridized carbons (Fsp3) is 0.537. The van der Waals surface area contributed by atoms with Crippen molar-refractivity contribution in [2.75, 3.05) is 51.1 Å². The van der Waals surface area contributed by atoms with E-state index in [2.05, 4.69) is 42.2 Å². The Bertz CT molecular complexity index is 2590. The molecule has 0 spiro atoms. The van der Waals surface area contributed by atoms with Crippen LogP contribution >= 0.6 is 22.9 Å². The van der Waals surface area contributed by atoms with Crippen molar-refractivity contribution in [1.82, 2.24) is 35.7 Å². The molecule has 2 saturated heterocycles. The first-order valence-electron chi connectivity index (χ1n) is 24.9. The van der Waals surface area contributed by atoms with E-state index in [1.54, 1.807) is 41.7 Å². The van der Waals surface area contributed by atoms with Crippen LogP contribution in [0.5, 0.6) is 5.75 Å². The summed E-state index contributed by atoms with van der Waals surface area (Å²) >= 11 is 7.82. The van der Waals surface area contributed by atoms with Crippen molar-refractivity contribution in [2.24, 2.45) is 22.2 Å². The minimum Gasteiger partial charge on any atom is -0.489 e. The number of amides is 3. The monoisotopic (exact) mass is 1020 g/mol. The van der Waals surface area contributed by atoms with Crippen molar-refractivity contribution in [3.8, 4) is 22.3 Å². The minimum atomic E-state index is -0.901. The zero-order valence-electron chi connectivity index (χ0n) is 42.9. The SMILES string of the molecule is Cc1ncsc1-c1ccc([C@H](C)NC(=O)C2C[C@@H](O)CN2C(=O)[C@@H](NC(=O)CN2CCC(CNCCNc3ccc(C(=O)O[C@H]4C(C)(C)[C@H](Oc5ccc(C#N)c(Cl)c5)C4(C)C)cn3)CC2)C(C)(C)C)cc1. The Morgan fingerprint density at radius 1 is 0.972 bits per heavy atom. The molecule has 18 heteroatoms. The Labute approximate surface area is 432 Å². The molecule has 1 unspecified atom stereocenters. The van der Waals surface area contributed by atoms with Crippen molar-refractivity contribution in [1.29, 1.82) is 5.26 Å². The summed E-state index contributed by atoms with van der Waals surface area (Å²) in [6.45, 7) is 21.4. The van der Waals surface area contributed by atoms with Crippen molar-refractivity contribution in [3.63, 3.8) is 0 Å². The van der Waals surface area contributed by atoms with Gasteiger partial charge in [-0.1, -0.05) is 84.3 Å². The molecular weight excluding hydrogens is 954 g/mol. The number of hydrogen-bond donors (Lipinski definition) is 5. The first-order chi connectivity index (χ1) is 34.1. The standard InChI is InChI=1S/C54H70ClN9O7S/c1-32(35-10-12-36(13-11-35)45-33(2)60-31-72-45)61-47(67)42-24-39(65)29-64(42)48(68)46(52(3,4)5)62-44(66)30-63-22-18-34(19-23-63)27-57-20-21-58-43-17-15-38(28-59-43)49(69)71-51-53(6,7)50(54(51,8)9)70-40-16-14-37(26-56)41(55)25-40/h10-17,25,28,31-32,34,39,42,46,50-51,57,65H,18-24,27,29-30H2,1-9H3,(H,58,59)(H,61,67)(H,62,66)/t32-,39+,42?,46+,50-,51-/m0/s1. The number of carbonyl (C=O) groups is 4. The lowest BCUT2D eigenvalue weighted by molar-refractivity contribution is -0.236. The van der Waals surface area contributed by atoms with Crippen molar-refractivity contribution >= 4 is 52.4 Å². The highest BCUT2D eigenvalue weighted by molar-refractivity contribution is 7.13. The number of hydrogen-bond acceptors (Lipinski definition) is 14. The number of aliphatic hydroxyl groups is 1. The van der Waals surface area contributed by atoms with E-state index in [0.29, 0.717) is 46.7 Å². The number of thiazole rings is 1. The highest BCUT2D eigenvalue weighted by Gasteiger charge is 2.66. The van der Waals surface area contributed by atoms with Gasteiger partial charge in [-0.25, -0.2) is 14.8 Å². The van der Waals surface area contributed by atoms with Crippen LogP contribution in [-0.4, -0.2) is 125 Å². The highest BCUT2D eigenvalue weighted by atomic mass is 35.5. The van der Waals surface area contributed by atoms with E-state index in [-0.39, 0.29) is 49.4 Å². The fourth-order valence-electron chi connectivity index (χ4n) is 10.7. The molecule has 2 aromatic heterocycles. The number of rotatable bonds is 18. The molecule has 1 saturated carbocycles. The molecule has 0 bridgehead atoms. The van der Waals surface area contributed by atoms with Gasteiger partial charge in [-0.3, -0.25) is 19.3 Å². The van der Waals surface area contributed by atoms with E-state index in [9.17, 15) is 29.5 Å². The van der Waals surface area contributed by atoms with Gasteiger partial charge in [-0.2, -0.15) is 5.26 Å². The summed E-state index contributed by atoms with van der Waals surface area (Å²) in [5, 5.41) is 33.1. The molecule has 5 N–H and O–H groups in total. The zero-order chi connectivity index (χ0) is 52.1. The van der Waals surface area contributed by atoms with Crippen molar-refractivity contribution in [2.45, 2.75) is 118 Å². The van der Waals surface area contributed by atoms with Crippen molar-refractivity contribution in [3.05, 3.63) is 93.7 Å². The molecule has 2 aromatic carbocycles. The van der Waals surface area contributed by atoms with Gasteiger partial charge in [0.05, 0.1) is 50.9 Å². The number of anilines is 1. The number of nitrogens with one attached hydrogen (secondary N) is 4. The quantitative estimate of drug-likeness (QED) is 0.0496. The van der Waals surface area contributed by atoms with Crippen LogP contribution in [-0.2, 0) is 19.1 Å². The molecule has 4 aromatic rings. The lowest BCUT2D eigenvalue weighted by atomic mass is 9.51. The smallest absolute Gasteiger partial charge is 0.340 e. The maximum absolute atomic E-state index is 14.2.